The van der Waals surface area contributed by atoms with Crippen molar-refractivity contribution in [3.8, 4) is 0 Å². The zero-order chi connectivity index (χ0) is 10.3. The Kier molecular flexibility index (Phi) is 2.61. The molecule has 0 aromatic heterocycles. The quantitative estimate of drug-likeness (QED) is 0.666. The van der Waals surface area contributed by atoms with Gasteiger partial charge in [0.15, 0.2) is 0 Å². The molecule has 14 heavy (non-hydrogen) atoms. The Labute approximate surface area is 88.3 Å². The van der Waals surface area contributed by atoms with E-state index in [4.69, 9.17) is 0 Å². The van der Waals surface area contributed by atoms with E-state index >= 15 is 0 Å². The first-order valence-electron chi connectivity index (χ1n) is 6.01. The van der Waals surface area contributed by atoms with E-state index in [0.717, 1.165) is 6.04 Å². The molecule has 0 unspecified atom stereocenters. The Morgan fingerprint density at radius 2 is 1.86 bits per heavy atom. The van der Waals surface area contributed by atoms with Gasteiger partial charge in [0, 0.05) is 24.2 Å². The lowest BCUT2D eigenvalue weighted by atomic mass is 9.97. The first kappa shape index (κ1) is 10.4. The fourth-order valence-corrected chi connectivity index (χ4v) is 3.09. The smallest absolute Gasteiger partial charge is 0.0240 e. The molecule has 0 N–H and O–H groups in total. The molecule has 0 aromatic carbocycles. The zero-order valence-electron chi connectivity index (χ0n) is 10.1. The van der Waals surface area contributed by atoms with Crippen LogP contribution in [-0.2, 0) is 0 Å². The van der Waals surface area contributed by atoms with Gasteiger partial charge in [-0.25, -0.2) is 0 Å². The van der Waals surface area contributed by atoms with Crippen molar-refractivity contribution in [1.29, 1.82) is 0 Å². The molecule has 0 aromatic rings. The highest BCUT2D eigenvalue weighted by Gasteiger charge is 2.42. The summed E-state index contributed by atoms with van der Waals surface area (Å²) in [7, 11) is 0. The molecule has 2 fully saturated rings. The Morgan fingerprint density at radius 3 is 2.21 bits per heavy atom. The SMILES string of the molecule is CC(C)N1C[C@H](N2CCC2)CC1(C)C. The van der Waals surface area contributed by atoms with Crippen molar-refractivity contribution in [3.63, 3.8) is 0 Å². The summed E-state index contributed by atoms with van der Waals surface area (Å²) < 4.78 is 0. The summed E-state index contributed by atoms with van der Waals surface area (Å²) in [6.45, 7) is 13.4. The van der Waals surface area contributed by atoms with Crippen molar-refractivity contribution >= 4 is 0 Å². The van der Waals surface area contributed by atoms with Gasteiger partial charge in [0.05, 0.1) is 0 Å². The van der Waals surface area contributed by atoms with E-state index in [1.54, 1.807) is 0 Å². The standard InChI is InChI=1S/C12H24N2/c1-10(2)14-9-11(8-12(14,3)4)13-6-5-7-13/h10-11H,5-9H2,1-4H3/t11-/m1/s1. The minimum Gasteiger partial charge on any atom is -0.299 e. The van der Waals surface area contributed by atoms with E-state index in [9.17, 15) is 0 Å². The summed E-state index contributed by atoms with van der Waals surface area (Å²) in [6.07, 6.45) is 2.77. The summed E-state index contributed by atoms with van der Waals surface area (Å²) in [5.41, 5.74) is 0.411. The van der Waals surface area contributed by atoms with E-state index in [1.165, 1.54) is 32.5 Å². The summed E-state index contributed by atoms with van der Waals surface area (Å²) in [4.78, 5) is 5.32. The van der Waals surface area contributed by atoms with E-state index in [2.05, 4.69) is 37.5 Å². The monoisotopic (exact) mass is 196 g/mol. The van der Waals surface area contributed by atoms with Gasteiger partial charge < -0.3 is 0 Å². The Balaban J connectivity index is 2.00. The molecular weight excluding hydrogens is 172 g/mol. The van der Waals surface area contributed by atoms with Gasteiger partial charge in [-0.15, -0.1) is 0 Å². The highest BCUT2D eigenvalue weighted by atomic mass is 15.3. The van der Waals surface area contributed by atoms with Gasteiger partial charge in [0.2, 0.25) is 0 Å². The molecule has 0 radical (unpaired) electrons. The van der Waals surface area contributed by atoms with Crippen LogP contribution in [0.25, 0.3) is 0 Å². The van der Waals surface area contributed by atoms with Crippen molar-refractivity contribution in [3.05, 3.63) is 0 Å². The third kappa shape index (κ3) is 1.70. The predicted octanol–water partition coefficient (Wildman–Crippen LogP) is 1.95. The predicted molar refractivity (Wildman–Crippen MR) is 60.5 cm³/mol. The van der Waals surface area contributed by atoms with Crippen LogP contribution in [0.1, 0.15) is 40.5 Å². The molecule has 82 valence electrons. The molecule has 2 saturated heterocycles. The van der Waals surface area contributed by atoms with Gasteiger partial charge in [-0.1, -0.05) is 0 Å². The lowest BCUT2D eigenvalue weighted by Crippen LogP contribution is -2.46. The minimum absolute atomic E-state index is 0.411. The number of hydrogen-bond donors (Lipinski definition) is 0. The average Bonchev–Trinajstić information content (AvgIpc) is 2.21. The van der Waals surface area contributed by atoms with E-state index < -0.39 is 0 Å². The third-order valence-corrected chi connectivity index (χ3v) is 3.95. The number of rotatable bonds is 2. The molecule has 0 saturated carbocycles. The first-order chi connectivity index (χ1) is 6.50. The number of hydrogen-bond acceptors (Lipinski definition) is 2. The van der Waals surface area contributed by atoms with Crippen molar-refractivity contribution in [2.75, 3.05) is 19.6 Å². The molecule has 2 aliphatic rings. The average molecular weight is 196 g/mol. The Hall–Kier alpha value is -0.0800. The van der Waals surface area contributed by atoms with Crippen LogP contribution in [0.3, 0.4) is 0 Å². The molecular formula is C12H24N2. The van der Waals surface area contributed by atoms with Crippen molar-refractivity contribution < 1.29 is 0 Å². The first-order valence-corrected chi connectivity index (χ1v) is 6.01. The maximum absolute atomic E-state index is 2.66. The molecule has 2 rings (SSSR count). The lowest BCUT2D eigenvalue weighted by Gasteiger charge is -2.36. The van der Waals surface area contributed by atoms with Crippen molar-refractivity contribution in [2.24, 2.45) is 0 Å². The highest BCUT2D eigenvalue weighted by molar-refractivity contribution is 4.99. The number of nitrogens with zero attached hydrogens (tertiary/aromatic N) is 2. The third-order valence-electron chi connectivity index (χ3n) is 3.95. The largest absolute Gasteiger partial charge is 0.299 e. The highest BCUT2D eigenvalue weighted by Crippen LogP contribution is 2.34. The van der Waals surface area contributed by atoms with Gasteiger partial charge in [0.1, 0.15) is 0 Å². The maximum atomic E-state index is 2.66. The van der Waals surface area contributed by atoms with Crippen LogP contribution >= 0.6 is 0 Å². The van der Waals surface area contributed by atoms with Crippen LogP contribution in [0, 0.1) is 0 Å². The second-order valence-electron chi connectivity index (χ2n) is 5.81. The molecule has 1 atom stereocenters. The van der Waals surface area contributed by atoms with Gasteiger partial charge in [-0.05, 0) is 53.6 Å². The Morgan fingerprint density at radius 1 is 1.21 bits per heavy atom. The van der Waals surface area contributed by atoms with Crippen LogP contribution in [0.4, 0.5) is 0 Å². The fourth-order valence-electron chi connectivity index (χ4n) is 3.09. The van der Waals surface area contributed by atoms with Crippen molar-refractivity contribution in [2.45, 2.75) is 58.2 Å². The molecule has 2 aliphatic heterocycles. The summed E-state index contributed by atoms with van der Waals surface area (Å²) in [6, 6.07) is 1.53. The maximum Gasteiger partial charge on any atom is 0.0240 e. The molecule has 0 spiro atoms. The lowest BCUT2D eigenvalue weighted by molar-refractivity contribution is 0.111. The molecule has 2 nitrogen and oxygen atoms in total. The van der Waals surface area contributed by atoms with Crippen LogP contribution in [-0.4, -0.2) is 47.1 Å². The number of likely N-dealkylation sites (tertiary alicyclic amines) is 2. The fraction of sp³-hybridized carbons (Fsp3) is 1.00. The Bertz CT molecular complexity index is 206. The molecule has 2 heteroatoms. The second-order valence-corrected chi connectivity index (χ2v) is 5.81. The topological polar surface area (TPSA) is 6.48 Å². The normalized spacial score (nSPS) is 33.6. The summed E-state index contributed by atoms with van der Waals surface area (Å²) >= 11 is 0. The molecule has 0 aliphatic carbocycles. The van der Waals surface area contributed by atoms with Crippen LogP contribution in [0.5, 0.6) is 0 Å². The zero-order valence-corrected chi connectivity index (χ0v) is 10.1. The van der Waals surface area contributed by atoms with Crippen LogP contribution in [0.2, 0.25) is 0 Å². The summed E-state index contributed by atoms with van der Waals surface area (Å²) in [5, 5.41) is 0. The van der Waals surface area contributed by atoms with Gasteiger partial charge in [-0.3, -0.25) is 9.80 Å². The van der Waals surface area contributed by atoms with E-state index in [1.807, 2.05) is 0 Å². The van der Waals surface area contributed by atoms with E-state index in [-0.39, 0.29) is 0 Å². The second kappa shape index (κ2) is 3.49. The minimum atomic E-state index is 0.411. The van der Waals surface area contributed by atoms with Gasteiger partial charge in [0.25, 0.3) is 0 Å². The van der Waals surface area contributed by atoms with Crippen LogP contribution < -0.4 is 0 Å². The molecule has 0 amide bonds. The van der Waals surface area contributed by atoms with Gasteiger partial charge >= 0.3 is 0 Å². The molecule has 2 heterocycles. The molecule has 0 bridgehead atoms. The van der Waals surface area contributed by atoms with Gasteiger partial charge in [-0.2, -0.15) is 0 Å². The summed E-state index contributed by atoms with van der Waals surface area (Å²) in [5.74, 6) is 0. The van der Waals surface area contributed by atoms with Crippen LogP contribution in [0.15, 0.2) is 0 Å². The van der Waals surface area contributed by atoms with Crippen molar-refractivity contribution in [1.82, 2.24) is 9.80 Å². The van der Waals surface area contributed by atoms with E-state index in [0.29, 0.717) is 11.6 Å².